The quantitative estimate of drug-likeness (QED) is 0.366. The van der Waals surface area contributed by atoms with Gasteiger partial charge in [-0.1, -0.05) is 63.2 Å². The summed E-state index contributed by atoms with van der Waals surface area (Å²) in [5, 5.41) is 5.92. The number of carbonyl (C=O) groups excluding carboxylic acids is 3. The highest BCUT2D eigenvalue weighted by Gasteiger charge is 2.44. The number of aryl methyl sites for hydroxylation is 3. The van der Waals surface area contributed by atoms with Gasteiger partial charge in [0.2, 0.25) is 5.91 Å². The Kier molecular flexibility index (Phi) is 10.4. The van der Waals surface area contributed by atoms with Gasteiger partial charge in [0.1, 0.15) is 17.7 Å². The Bertz CT molecular complexity index is 1160. The van der Waals surface area contributed by atoms with E-state index in [0.29, 0.717) is 6.42 Å². The Labute approximate surface area is 234 Å². The maximum absolute atomic E-state index is 14.5. The highest BCUT2D eigenvalue weighted by atomic mass is 16.6. The van der Waals surface area contributed by atoms with Gasteiger partial charge in [0, 0.05) is 11.2 Å². The van der Waals surface area contributed by atoms with Crippen LogP contribution in [0.3, 0.4) is 0 Å². The lowest BCUT2D eigenvalue weighted by molar-refractivity contribution is -0.148. The average Bonchev–Trinajstić information content (AvgIpc) is 2.82. The van der Waals surface area contributed by atoms with Crippen molar-refractivity contribution in [1.29, 1.82) is 0 Å². The van der Waals surface area contributed by atoms with Crippen LogP contribution in [0.5, 0.6) is 0 Å². The number of para-hydroxylation sites is 1. The van der Waals surface area contributed by atoms with E-state index in [9.17, 15) is 14.4 Å². The number of carbonyl (C=O) groups is 3. The van der Waals surface area contributed by atoms with Gasteiger partial charge >= 0.3 is 6.09 Å². The molecule has 0 aliphatic rings. The largest absolute Gasteiger partial charge is 0.444 e. The van der Waals surface area contributed by atoms with Crippen LogP contribution in [-0.4, -0.2) is 40.0 Å². The lowest BCUT2D eigenvalue weighted by atomic mass is 9.89. The molecule has 39 heavy (non-hydrogen) atoms. The Morgan fingerprint density at radius 2 is 1.41 bits per heavy atom. The molecule has 0 aromatic heterocycles. The summed E-state index contributed by atoms with van der Waals surface area (Å²) in [4.78, 5) is 43.2. The first kappa shape index (κ1) is 31.9. The summed E-state index contributed by atoms with van der Waals surface area (Å²) < 4.78 is 5.48. The Hall–Kier alpha value is -3.35. The molecule has 0 saturated carbocycles. The van der Waals surface area contributed by atoms with Crippen molar-refractivity contribution in [1.82, 2.24) is 10.2 Å². The number of ether oxygens (including phenoxy) is 1. The fourth-order valence-electron chi connectivity index (χ4n) is 4.54. The van der Waals surface area contributed by atoms with Crippen LogP contribution in [0.1, 0.15) is 90.1 Å². The predicted molar refractivity (Wildman–Crippen MR) is 158 cm³/mol. The normalized spacial score (nSPS) is 13.4. The Morgan fingerprint density at radius 3 is 1.90 bits per heavy atom. The molecule has 2 aromatic carbocycles. The third kappa shape index (κ3) is 8.07. The molecular formula is C32H47N3O4. The van der Waals surface area contributed by atoms with Gasteiger partial charge in [0.05, 0.1) is 0 Å². The molecule has 0 saturated heterocycles. The number of amides is 3. The number of nitrogens with zero attached hydrogens (tertiary/aromatic N) is 1. The van der Waals surface area contributed by atoms with Gasteiger partial charge < -0.3 is 20.3 Å². The number of alkyl carbamates (subject to hydrolysis) is 1. The molecule has 0 spiro atoms. The third-order valence-corrected chi connectivity index (χ3v) is 7.08. The summed E-state index contributed by atoms with van der Waals surface area (Å²) in [7, 11) is 0. The van der Waals surface area contributed by atoms with E-state index in [4.69, 9.17) is 4.74 Å². The molecule has 0 aliphatic heterocycles. The SMILES string of the molecule is CCC(C)(C)N(C(=O)C(NC(=O)OC(C)(C)C)C(C)C)C(C(=O)Nc1c(C)cccc1C)c1ccccc1C. The summed E-state index contributed by atoms with van der Waals surface area (Å²) in [6.45, 7) is 20.8. The second kappa shape index (κ2) is 12.7. The molecule has 0 bridgehead atoms. The monoisotopic (exact) mass is 537 g/mol. The van der Waals surface area contributed by atoms with Crippen LogP contribution in [0.2, 0.25) is 0 Å². The van der Waals surface area contributed by atoms with Gasteiger partial charge in [-0.15, -0.1) is 0 Å². The van der Waals surface area contributed by atoms with Crippen molar-refractivity contribution >= 4 is 23.6 Å². The molecule has 0 fully saturated rings. The highest BCUT2D eigenvalue weighted by molar-refractivity contribution is 6.00. The summed E-state index contributed by atoms with van der Waals surface area (Å²) >= 11 is 0. The van der Waals surface area contributed by atoms with Gasteiger partial charge in [-0.05, 0) is 90.0 Å². The summed E-state index contributed by atoms with van der Waals surface area (Å²) in [5.74, 6) is -0.900. The van der Waals surface area contributed by atoms with Crippen LogP contribution < -0.4 is 10.6 Å². The minimum absolute atomic E-state index is 0.251. The number of benzene rings is 2. The van der Waals surface area contributed by atoms with Crippen molar-refractivity contribution < 1.29 is 19.1 Å². The second-order valence-electron chi connectivity index (χ2n) is 12.3. The average molecular weight is 538 g/mol. The van der Waals surface area contributed by atoms with Gasteiger partial charge in [-0.3, -0.25) is 9.59 Å². The summed E-state index contributed by atoms with van der Waals surface area (Å²) in [6.07, 6.45) is -0.0778. The molecule has 2 atom stereocenters. The van der Waals surface area contributed by atoms with Crippen LogP contribution in [0.25, 0.3) is 0 Å². The number of anilines is 1. The number of hydrogen-bond donors (Lipinski definition) is 2. The molecule has 7 nitrogen and oxygen atoms in total. The first-order valence-electron chi connectivity index (χ1n) is 13.8. The molecule has 2 N–H and O–H groups in total. The lowest BCUT2D eigenvalue weighted by Crippen LogP contribution is -2.60. The second-order valence-corrected chi connectivity index (χ2v) is 12.3. The molecule has 0 radical (unpaired) electrons. The van der Waals surface area contributed by atoms with Crippen LogP contribution in [0.4, 0.5) is 10.5 Å². The summed E-state index contributed by atoms with van der Waals surface area (Å²) in [6, 6.07) is 11.6. The predicted octanol–water partition coefficient (Wildman–Crippen LogP) is 6.86. The first-order chi connectivity index (χ1) is 18.0. The van der Waals surface area contributed by atoms with Gasteiger partial charge in [-0.25, -0.2) is 4.79 Å². The molecule has 7 heteroatoms. The van der Waals surface area contributed by atoms with Gasteiger partial charge in [-0.2, -0.15) is 0 Å². The van der Waals surface area contributed by atoms with Crippen LogP contribution in [0, 0.1) is 26.7 Å². The van der Waals surface area contributed by atoms with Crippen LogP contribution >= 0.6 is 0 Å². The van der Waals surface area contributed by atoms with Crippen molar-refractivity contribution in [2.45, 2.75) is 106 Å². The van der Waals surface area contributed by atoms with E-state index >= 15 is 0 Å². The Morgan fingerprint density at radius 1 is 0.872 bits per heavy atom. The zero-order valence-electron chi connectivity index (χ0n) is 25.6. The lowest BCUT2D eigenvalue weighted by Gasteiger charge is -2.45. The van der Waals surface area contributed by atoms with Crippen LogP contribution in [-0.2, 0) is 14.3 Å². The van der Waals surface area contributed by atoms with Crippen LogP contribution in [0.15, 0.2) is 42.5 Å². The highest BCUT2D eigenvalue weighted by Crippen LogP contribution is 2.35. The standard InChI is InChI=1S/C32H47N3O4/c1-12-32(10,11)35(29(37)25(20(2)3)34-30(38)39-31(7,8)9)27(24-19-14-13-16-21(24)4)28(36)33-26-22(5)17-15-18-23(26)6/h13-20,25,27H,12H2,1-11H3,(H,33,36)(H,34,38). The zero-order chi connectivity index (χ0) is 29.7. The van der Waals surface area contributed by atoms with Crippen molar-refractivity contribution in [3.8, 4) is 0 Å². The Balaban J connectivity index is 2.69. The van der Waals surface area contributed by atoms with Gasteiger partial charge in [0.25, 0.3) is 5.91 Å². The molecule has 2 aromatic rings. The fourth-order valence-corrected chi connectivity index (χ4v) is 4.54. The summed E-state index contributed by atoms with van der Waals surface area (Å²) in [5.41, 5.74) is 2.80. The third-order valence-electron chi connectivity index (χ3n) is 7.08. The molecule has 3 amide bonds. The van der Waals surface area contributed by atoms with Crippen molar-refractivity contribution in [2.75, 3.05) is 5.32 Å². The van der Waals surface area contributed by atoms with E-state index in [1.54, 1.807) is 25.7 Å². The van der Waals surface area contributed by atoms with E-state index in [-0.39, 0.29) is 17.7 Å². The van der Waals surface area contributed by atoms with Crippen molar-refractivity contribution in [3.63, 3.8) is 0 Å². The zero-order valence-corrected chi connectivity index (χ0v) is 25.6. The molecule has 0 aliphatic carbocycles. The maximum atomic E-state index is 14.5. The van der Waals surface area contributed by atoms with Gasteiger partial charge in [0.15, 0.2) is 0 Å². The molecular weight excluding hydrogens is 490 g/mol. The van der Waals surface area contributed by atoms with E-state index in [1.807, 2.05) is 97.9 Å². The smallest absolute Gasteiger partial charge is 0.408 e. The molecule has 214 valence electrons. The van der Waals surface area contributed by atoms with E-state index < -0.39 is 29.3 Å². The number of rotatable bonds is 9. The molecule has 2 unspecified atom stereocenters. The van der Waals surface area contributed by atoms with Crippen molar-refractivity contribution in [2.24, 2.45) is 5.92 Å². The maximum Gasteiger partial charge on any atom is 0.408 e. The van der Waals surface area contributed by atoms with Crippen molar-refractivity contribution in [3.05, 3.63) is 64.7 Å². The molecule has 0 heterocycles. The molecule has 2 rings (SSSR count). The minimum Gasteiger partial charge on any atom is -0.444 e. The first-order valence-corrected chi connectivity index (χ1v) is 13.8. The van der Waals surface area contributed by atoms with E-state index in [0.717, 1.165) is 27.9 Å². The number of hydrogen-bond acceptors (Lipinski definition) is 4. The topological polar surface area (TPSA) is 87.7 Å². The number of nitrogens with one attached hydrogen (secondary N) is 2. The van der Waals surface area contributed by atoms with E-state index in [1.165, 1.54) is 0 Å². The fraction of sp³-hybridized carbons (Fsp3) is 0.531. The minimum atomic E-state index is -0.936. The van der Waals surface area contributed by atoms with E-state index in [2.05, 4.69) is 10.6 Å².